The number of aromatic carboxylic acids is 1. The molecule has 0 radical (unpaired) electrons. The number of methoxy groups -OCH3 is 1. The van der Waals surface area contributed by atoms with Crippen molar-refractivity contribution >= 4 is 43.4 Å². The Bertz CT molecular complexity index is 1140. The van der Waals surface area contributed by atoms with E-state index in [-0.39, 0.29) is 5.56 Å². The van der Waals surface area contributed by atoms with Gasteiger partial charge in [-0.1, -0.05) is 18.2 Å². The number of hydrogen-bond acceptors (Lipinski definition) is 6. The third-order valence-corrected chi connectivity index (χ3v) is 5.21. The number of ether oxygens (including phenoxy) is 1. The maximum atomic E-state index is 11.4. The van der Waals surface area contributed by atoms with E-state index in [1.807, 2.05) is 24.3 Å². The van der Waals surface area contributed by atoms with Crippen molar-refractivity contribution in [2.24, 2.45) is 0 Å². The molecule has 0 unspecified atom stereocenters. The number of fused-ring (bicyclic) bond motifs is 3. The predicted molar refractivity (Wildman–Crippen MR) is 98.3 cm³/mol. The monoisotopic (exact) mass is 351 g/mol. The van der Waals surface area contributed by atoms with Gasteiger partial charge in [-0.25, -0.2) is 14.8 Å². The van der Waals surface area contributed by atoms with Crippen LogP contribution in [0.25, 0.3) is 31.4 Å². The van der Waals surface area contributed by atoms with Crippen molar-refractivity contribution < 1.29 is 14.6 Å². The standard InChI is InChI=1S/C18H13N3O3S/c1-24-13-5-3-9(6-12(13)18(22)23)10-2-4-11-14(7-10)25-16-15(11)20-8-21-17(16)19/h2-8H,1H3,(H,22,23)(H2,19,20,21). The highest BCUT2D eigenvalue weighted by Crippen LogP contribution is 2.37. The molecule has 3 N–H and O–H groups in total. The van der Waals surface area contributed by atoms with Crippen LogP contribution in [0.5, 0.6) is 5.75 Å². The van der Waals surface area contributed by atoms with Crippen molar-refractivity contribution in [3.63, 3.8) is 0 Å². The van der Waals surface area contributed by atoms with Gasteiger partial charge in [-0.05, 0) is 29.3 Å². The molecule has 0 saturated carbocycles. The molecule has 0 bridgehead atoms. The number of rotatable bonds is 3. The van der Waals surface area contributed by atoms with Crippen molar-refractivity contribution in [3.05, 3.63) is 48.3 Å². The van der Waals surface area contributed by atoms with E-state index in [0.29, 0.717) is 11.6 Å². The van der Waals surface area contributed by atoms with Gasteiger partial charge in [0.1, 0.15) is 23.5 Å². The van der Waals surface area contributed by atoms with E-state index < -0.39 is 5.97 Å². The largest absolute Gasteiger partial charge is 0.496 e. The van der Waals surface area contributed by atoms with Gasteiger partial charge in [0.25, 0.3) is 0 Å². The van der Waals surface area contributed by atoms with Crippen LogP contribution in [0, 0.1) is 0 Å². The Morgan fingerprint density at radius 2 is 1.92 bits per heavy atom. The van der Waals surface area contributed by atoms with Crippen LogP contribution in [0.4, 0.5) is 5.82 Å². The molecule has 25 heavy (non-hydrogen) atoms. The summed E-state index contributed by atoms with van der Waals surface area (Å²) in [7, 11) is 1.45. The minimum atomic E-state index is -1.02. The Balaban J connectivity index is 1.90. The second-order valence-electron chi connectivity index (χ2n) is 5.47. The van der Waals surface area contributed by atoms with E-state index in [1.165, 1.54) is 24.8 Å². The van der Waals surface area contributed by atoms with Gasteiger partial charge >= 0.3 is 5.97 Å². The average Bonchev–Trinajstić information content (AvgIpc) is 3.00. The molecule has 0 aliphatic rings. The first kappa shape index (κ1) is 15.3. The van der Waals surface area contributed by atoms with Gasteiger partial charge in [0, 0.05) is 10.1 Å². The number of anilines is 1. The quantitative estimate of drug-likeness (QED) is 0.582. The van der Waals surface area contributed by atoms with Gasteiger partial charge in [0.15, 0.2) is 0 Å². The first-order chi connectivity index (χ1) is 12.1. The molecule has 7 heteroatoms. The number of hydrogen-bond donors (Lipinski definition) is 2. The lowest BCUT2D eigenvalue weighted by molar-refractivity contribution is 0.0693. The van der Waals surface area contributed by atoms with Crippen LogP contribution in [0.3, 0.4) is 0 Å². The Labute approximate surface area is 146 Å². The molecule has 0 saturated heterocycles. The highest BCUT2D eigenvalue weighted by Gasteiger charge is 2.14. The van der Waals surface area contributed by atoms with Gasteiger partial charge in [0.2, 0.25) is 0 Å². The predicted octanol–water partition coefficient (Wildman–Crippen LogP) is 3.80. The molecule has 2 aromatic carbocycles. The minimum absolute atomic E-state index is 0.131. The average molecular weight is 351 g/mol. The number of nitrogens with zero attached hydrogens (tertiary/aromatic N) is 2. The molecule has 4 rings (SSSR count). The van der Waals surface area contributed by atoms with Crippen LogP contribution in [-0.2, 0) is 0 Å². The van der Waals surface area contributed by atoms with Crippen LogP contribution >= 0.6 is 11.3 Å². The summed E-state index contributed by atoms with van der Waals surface area (Å²) >= 11 is 1.52. The van der Waals surface area contributed by atoms with Crippen molar-refractivity contribution in [1.29, 1.82) is 0 Å². The minimum Gasteiger partial charge on any atom is -0.496 e. The van der Waals surface area contributed by atoms with E-state index in [2.05, 4.69) is 9.97 Å². The Hall–Kier alpha value is -3.19. The number of carbonyl (C=O) groups is 1. The van der Waals surface area contributed by atoms with E-state index in [4.69, 9.17) is 10.5 Å². The Morgan fingerprint density at radius 1 is 1.16 bits per heavy atom. The molecular formula is C18H13N3O3S. The number of benzene rings is 2. The maximum absolute atomic E-state index is 11.4. The number of carboxylic acid groups (broad SMARTS) is 1. The van der Waals surface area contributed by atoms with Crippen molar-refractivity contribution in [3.8, 4) is 16.9 Å². The zero-order valence-corrected chi connectivity index (χ0v) is 14.0. The lowest BCUT2D eigenvalue weighted by atomic mass is 10.0. The third-order valence-electron chi connectivity index (χ3n) is 4.04. The van der Waals surface area contributed by atoms with E-state index in [9.17, 15) is 9.90 Å². The Morgan fingerprint density at radius 3 is 2.68 bits per heavy atom. The highest BCUT2D eigenvalue weighted by atomic mass is 32.1. The second kappa shape index (κ2) is 5.71. The fraction of sp³-hybridized carbons (Fsp3) is 0.0556. The Kier molecular flexibility index (Phi) is 3.51. The van der Waals surface area contributed by atoms with Crippen LogP contribution < -0.4 is 10.5 Å². The van der Waals surface area contributed by atoms with Gasteiger partial charge in [-0.2, -0.15) is 0 Å². The smallest absolute Gasteiger partial charge is 0.339 e. The molecule has 0 aliphatic heterocycles. The van der Waals surface area contributed by atoms with E-state index in [0.717, 1.165) is 31.4 Å². The van der Waals surface area contributed by atoms with Crippen molar-refractivity contribution in [2.45, 2.75) is 0 Å². The summed E-state index contributed by atoms with van der Waals surface area (Å²) in [6.45, 7) is 0. The molecule has 2 heterocycles. The topological polar surface area (TPSA) is 98.3 Å². The molecule has 124 valence electrons. The third kappa shape index (κ3) is 2.45. The summed E-state index contributed by atoms with van der Waals surface area (Å²) in [5.74, 6) is -0.225. The molecular weight excluding hydrogens is 338 g/mol. The van der Waals surface area contributed by atoms with Crippen LogP contribution in [-0.4, -0.2) is 28.2 Å². The molecule has 0 aliphatic carbocycles. The van der Waals surface area contributed by atoms with Crippen LogP contribution in [0.15, 0.2) is 42.7 Å². The first-order valence-electron chi connectivity index (χ1n) is 7.43. The van der Waals surface area contributed by atoms with Gasteiger partial charge in [-0.15, -0.1) is 11.3 Å². The molecule has 0 spiro atoms. The SMILES string of the molecule is COc1ccc(-c2ccc3c(c2)sc2c(N)ncnc23)cc1C(=O)O. The number of carboxylic acids is 1. The van der Waals surface area contributed by atoms with Gasteiger partial charge in [-0.3, -0.25) is 0 Å². The summed E-state index contributed by atoms with van der Waals surface area (Å²) in [6, 6.07) is 11.0. The second-order valence-corrected chi connectivity index (χ2v) is 6.52. The van der Waals surface area contributed by atoms with Crippen LogP contribution in [0.2, 0.25) is 0 Å². The zero-order chi connectivity index (χ0) is 17.6. The van der Waals surface area contributed by atoms with E-state index >= 15 is 0 Å². The lowest BCUT2D eigenvalue weighted by Gasteiger charge is -2.08. The molecule has 4 aromatic rings. The van der Waals surface area contributed by atoms with Crippen LogP contribution in [0.1, 0.15) is 10.4 Å². The van der Waals surface area contributed by atoms with Crippen molar-refractivity contribution in [1.82, 2.24) is 9.97 Å². The maximum Gasteiger partial charge on any atom is 0.339 e. The highest BCUT2D eigenvalue weighted by molar-refractivity contribution is 7.26. The number of nitrogen functional groups attached to an aromatic ring is 1. The summed E-state index contributed by atoms with van der Waals surface area (Å²) in [4.78, 5) is 19.8. The summed E-state index contributed by atoms with van der Waals surface area (Å²) in [6.07, 6.45) is 1.46. The normalized spacial score (nSPS) is 11.1. The fourth-order valence-corrected chi connectivity index (χ4v) is 3.92. The van der Waals surface area contributed by atoms with Gasteiger partial charge < -0.3 is 15.6 Å². The molecule has 6 nitrogen and oxygen atoms in total. The molecule has 0 atom stereocenters. The van der Waals surface area contributed by atoms with E-state index in [1.54, 1.807) is 12.1 Å². The van der Waals surface area contributed by atoms with Crippen molar-refractivity contribution in [2.75, 3.05) is 12.8 Å². The molecule has 0 amide bonds. The fourth-order valence-electron chi connectivity index (χ4n) is 2.83. The number of nitrogens with two attached hydrogens (primary N) is 1. The van der Waals surface area contributed by atoms with Gasteiger partial charge in [0.05, 0.1) is 17.3 Å². The lowest BCUT2D eigenvalue weighted by Crippen LogP contribution is -2.00. The first-order valence-corrected chi connectivity index (χ1v) is 8.24. The summed E-state index contributed by atoms with van der Waals surface area (Å²) in [5.41, 5.74) is 8.61. The zero-order valence-electron chi connectivity index (χ0n) is 13.2. The molecule has 2 aromatic heterocycles. The number of aromatic nitrogens is 2. The summed E-state index contributed by atoms with van der Waals surface area (Å²) in [5, 5.41) is 10.4. The summed E-state index contributed by atoms with van der Waals surface area (Å²) < 4.78 is 6.99. The molecule has 0 fully saturated rings. The number of thiophene rings is 1.